The summed E-state index contributed by atoms with van der Waals surface area (Å²) in [6.07, 6.45) is 10.7. The Labute approximate surface area is 206 Å². The van der Waals surface area contributed by atoms with Gasteiger partial charge in [0.15, 0.2) is 11.6 Å². The summed E-state index contributed by atoms with van der Waals surface area (Å²) in [5.74, 6) is -1.58. The number of halogens is 3. The van der Waals surface area contributed by atoms with E-state index in [0.29, 0.717) is 16.7 Å². The predicted molar refractivity (Wildman–Crippen MR) is 138 cm³/mol. The summed E-state index contributed by atoms with van der Waals surface area (Å²) in [5, 5.41) is 0. The molecule has 0 saturated heterocycles. The summed E-state index contributed by atoms with van der Waals surface area (Å²) in [6, 6.07) is 15.2. The first kappa shape index (κ1) is 25.1. The number of hydrogen-bond donors (Lipinski definition) is 0. The third-order valence-corrected chi connectivity index (χ3v) is 6.93. The normalized spacial score (nSPS) is 15.7. The Kier molecular flexibility index (Phi) is 8.33. The quantitative estimate of drug-likeness (QED) is 0.278. The predicted octanol–water partition coefficient (Wildman–Crippen LogP) is 9.60. The van der Waals surface area contributed by atoms with Crippen molar-refractivity contribution in [2.24, 2.45) is 5.92 Å². The smallest absolute Gasteiger partial charge is 0.201 e. The molecule has 3 aromatic rings. The molecular formula is C31H33F3O. The zero-order chi connectivity index (χ0) is 24.8. The third kappa shape index (κ3) is 5.80. The number of allylic oxidation sites excluding steroid dienone is 2. The van der Waals surface area contributed by atoms with Gasteiger partial charge in [0.2, 0.25) is 5.82 Å². The Morgan fingerprint density at radius 1 is 0.800 bits per heavy atom. The van der Waals surface area contributed by atoms with E-state index >= 15 is 4.39 Å². The van der Waals surface area contributed by atoms with Crippen molar-refractivity contribution in [3.8, 4) is 28.0 Å². The van der Waals surface area contributed by atoms with Crippen LogP contribution in [0.15, 0.2) is 60.7 Å². The summed E-state index contributed by atoms with van der Waals surface area (Å²) >= 11 is 0. The molecule has 0 fully saturated rings. The van der Waals surface area contributed by atoms with Gasteiger partial charge in [-0.2, -0.15) is 4.39 Å². The van der Waals surface area contributed by atoms with Gasteiger partial charge in [-0.15, -0.1) is 0 Å². The highest BCUT2D eigenvalue weighted by molar-refractivity contribution is 5.74. The summed E-state index contributed by atoms with van der Waals surface area (Å²) in [6.45, 7) is 4.20. The topological polar surface area (TPSA) is 9.23 Å². The monoisotopic (exact) mass is 478 g/mol. The van der Waals surface area contributed by atoms with Crippen LogP contribution in [0.4, 0.5) is 13.2 Å². The fourth-order valence-corrected chi connectivity index (χ4v) is 4.90. The highest BCUT2D eigenvalue weighted by Gasteiger charge is 2.18. The van der Waals surface area contributed by atoms with E-state index in [0.717, 1.165) is 24.3 Å². The highest BCUT2D eigenvalue weighted by Crippen LogP contribution is 2.35. The maximum absolute atomic E-state index is 15.1. The van der Waals surface area contributed by atoms with E-state index in [1.54, 1.807) is 37.3 Å². The minimum atomic E-state index is -1.00. The molecule has 0 spiro atoms. The van der Waals surface area contributed by atoms with E-state index in [2.05, 4.69) is 13.0 Å². The van der Waals surface area contributed by atoms with Gasteiger partial charge in [-0.1, -0.05) is 75.1 Å². The summed E-state index contributed by atoms with van der Waals surface area (Å²) in [5.41, 5.74) is 4.02. The maximum Gasteiger partial charge on any atom is 0.201 e. The molecule has 0 heterocycles. The number of benzene rings is 3. The number of unbranched alkanes of at least 4 members (excludes halogenated alkanes) is 2. The molecule has 3 aromatic carbocycles. The molecule has 1 aliphatic rings. The third-order valence-electron chi connectivity index (χ3n) is 6.93. The van der Waals surface area contributed by atoms with Crippen LogP contribution in [0, 0.1) is 23.4 Å². The zero-order valence-corrected chi connectivity index (χ0v) is 20.5. The Balaban J connectivity index is 1.49. The van der Waals surface area contributed by atoms with E-state index in [4.69, 9.17) is 4.74 Å². The van der Waals surface area contributed by atoms with Gasteiger partial charge in [0.25, 0.3) is 0 Å². The molecule has 0 aliphatic heterocycles. The minimum Gasteiger partial charge on any atom is -0.491 e. The van der Waals surface area contributed by atoms with Gasteiger partial charge >= 0.3 is 0 Å². The van der Waals surface area contributed by atoms with Gasteiger partial charge in [-0.3, -0.25) is 0 Å². The van der Waals surface area contributed by atoms with E-state index in [-0.39, 0.29) is 23.7 Å². The standard InChI is InChI=1S/C31H33F3O/c1-3-5-6-7-21-8-10-22(11-9-21)25-16-17-26(28(32)20-25)23-12-14-24(15-13-23)27-18-19-29(35-4-2)31(34)30(27)33/h10,12-21H,3-9,11H2,1-2H3. The van der Waals surface area contributed by atoms with Crippen molar-refractivity contribution in [1.82, 2.24) is 0 Å². The number of rotatable bonds is 9. The first-order chi connectivity index (χ1) is 17.0. The van der Waals surface area contributed by atoms with Crippen LogP contribution in [0.5, 0.6) is 5.75 Å². The SMILES string of the molecule is CCCCCC1CC=C(c2ccc(-c3ccc(-c4ccc(OCC)c(F)c4F)cc3)c(F)c2)CC1. The van der Waals surface area contributed by atoms with Crippen molar-refractivity contribution in [3.05, 3.63) is 83.7 Å². The number of ether oxygens (including phenoxy) is 1. The lowest BCUT2D eigenvalue weighted by Crippen LogP contribution is -2.05. The fourth-order valence-electron chi connectivity index (χ4n) is 4.90. The number of hydrogen-bond acceptors (Lipinski definition) is 1. The average molecular weight is 479 g/mol. The van der Waals surface area contributed by atoms with Crippen molar-refractivity contribution in [1.29, 1.82) is 0 Å². The average Bonchev–Trinajstić information content (AvgIpc) is 2.88. The second kappa shape index (κ2) is 11.6. The van der Waals surface area contributed by atoms with Gasteiger partial charge in [-0.05, 0) is 72.6 Å². The second-order valence-electron chi connectivity index (χ2n) is 9.31. The van der Waals surface area contributed by atoms with Crippen molar-refractivity contribution in [2.75, 3.05) is 6.61 Å². The van der Waals surface area contributed by atoms with Crippen LogP contribution >= 0.6 is 0 Å². The lowest BCUT2D eigenvalue weighted by atomic mass is 9.83. The van der Waals surface area contributed by atoms with Gasteiger partial charge in [0.1, 0.15) is 5.82 Å². The lowest BCUT2D eigenvalue weighted by Gasteiger charge is -2.22. The molecule has 0 aromatic heterocycles. The van der Waals surface area contributed by atoms with E-state index in [9.17, 15) is 8.78 Å². The molecule has 0 amide bonds. The Morgan fingerprint density at radius 2 is 1.49 bits per heavy atom. The van der Waals surface area contributed by atoms with Crippen molar-refractivity contribution >= 4 is 5.57 Å². The lowest BCUT2D eigenvalue weighted by molar-refractivity contribution is 0.314. The largest absolute Gasteiger partial charge is 0.491 e. The molecule has 4 rings (SSSR count). The molecule has 1 nitrogen and oxygen atoms in total. The molecule has 0 N–H and O–H groups in total. The van der Waals surface area contributed by atoms with Crippen LogP contribution in [-0.2, 0) is 0 Å². The molecule has 1 atom stereocenters. The van der Waals surface area contributed by atoms with Crippen LogP contribution in [0.25, 0.3) is 27.8 Å². The molecule has 0 saturated carbocycles. The van der Waals surface area contributed by atoms with E-state index < -0.39 is 11.6 Å². The Bertz CT molecular complexity index is 1180. The van der Waals surface area contributed by atoms with Crippen LogP contribution in [0.3, 0.4) is 0 Å². The van der Waals surface area contributed by atoms with Gasteiger partial charge < -0.3 is 4.74 Å². The first-order valence-electron chi connectivity index (χ1n) is 12.7. The maximum atomic E-state index is 15.1. The fraction of sp³-hybridized carbons (Fsp3) is 0.355. The molecule has 184 valence electrons. The van der Waals surface area contributed by atoms with E-state index in [1.165, 1.54) is 49.8 Å². The molecule has 1 aliphatic carbocycles. The van der Waals surface area contributed by atoms with Crippen LogP contribution in [0.1, 0.15) is 64.4 Å². The summed E-state index contributed by atoms with van der Waals surface area (Å²) in [4.78, 5) is 0. The zero-order valence-electron chi connectivity index (χ0n) is 20.5. The van der Waals surface area contributed by atoms with Crippen LogP contribution in [0.2, 0.25) is 0 Å². The summed E-state index contributed by atoms with van der Waals surface area (Å²) in [7, 11) is 0. The van der Waals surface area contributed by atoms with Gasteiger partial charge in [0, 0.05) is 11.1 Å². The van der Waals surface area contributed by atoms with Crippen molar-refractivity contribution in [2.45, 2.75) is 58.8 Å². The molecule has 0 bridgehead atoms. The molecule has 4 heteroatoms. The second-order valence-corrected chi connectivity index (χ2v) is 9.31. The van der Waals surface area contributed by atoms with Crippen LogP contribution in [-0.4, -0.2) is 6.61 Å². The Morgan fingerprint density at radius 3 is 2.11 bits per heavy atom. The van der Waals surface area contributed by atoms with Crippen molar-refractivity contribution < 1.29 is 17.9 Å². The summed E-state index contributed by atoms with van der Waals surface area (Å²) < 4.78 is 49.0. The van der Waals surface area contributed by atoms with Crippen LogP contribution < -0.4 is 4.74 Å². The molecular weight excluding hydrogens is 445 g/mol. The molecule has 35 heavy (non-hydrogen) atoms. The highest BCUT2D eigenvalue weighted by atomic mass is 19.2. The molecule has 1 unspecified atom stereocenters. The molecule has 0 radical (unpaired) electrons. The van der Waals surface area contributed by atoms with E-state index in [1.807, 2.05) is 12.1 Å². The minimum absolute atomic E-state index is 0.104. The van der Waals surface area contributed by atoms with Gasteiger partial charge in [0.05, 0.1) is 6.61 Å². The Hall–Kier alpha value is -3.01. The van der Waals surface area contributed by atoms with Crippen molar-refractivity contribution in [3.63, 3.8) is 0 Å². The first-order valence-corrected chi connectivity index (χ1v) is 12.7. The van der Waals surface area contributed by atoms with Gasteiger partial charge in [-0.25, -0.2) is 8.78 Å².